The molecule has 1 heterocycles. The molecule has 1 aliphatic heterocycles. The second kappa shape index (κ2) is 4.08. The molecule has 5 nitrogen and oxygen atoms in total. The topological polar surface area (TPSA) is 59.9 Å². The molecule has 5 heteroatoms. The molecule has 1 aromatic rings. The zero-order valence-electron chi connectivity index (χ0n) is 9.98. The molecule has 1 aliphatic rings. The smallest absolute Gasteiger partial charge is 0.429 e. The Hall–Kier alpha value is -2.04. The fraction of sp³-hybridized carbons (Fsp3) is 0.333. The number of hydrazone groups is 1. The molecule has 1 atom stereocenters. The molecule has 0 aromatic heterocycles. The molecular weight excluding hydrogens is 220 g/mol. The highest BCUT2D eigenvalue weighted by atomic mass is 16.6. The van der Waals surface area contributed by atoms with Crippen molar-refractivity contribution in [2.24, 2.45) is 5.10 Å². The van der Waals surface area contributed by atoms with Crippen LogP contribution < -0.4 is 10.2 Å². The molecule has 1 aromatic carbocycles. The number of nitrogens with zero attached hydrogens (tertiary/aromatic N) is 1. The van der Waals surface area contributed by atoms with E-state index in [0.29, 0.717) is 5.71 Å². The van der Waals surface area contributed by atoms with Crippen LogP contribution in [0.4, 0.5) is 4.79 Å². The normalized spacial score (nSPS) is 23.5. The Balaban J connectivity index is 2.39. The number of cyclic esters (lactones) is 1. The Labute approximate surface area is 99.4 Å². The van der Waals surface area contributed by atoms with Crippen molar-refractivity contribution in [3.63, 3.8) is 0 Å². The van der Waals surface area contributed by atoms with E-state index < -0.39 is 11.7 Å². The first-order valence-corrected chi connectivity index (χ1v) is 5.24. The van der Waals surface area contributed by atoms with Crippen LogP contribution in [0.3, 0.4) is 0 Å². The van der Waals surface area contributed by atoms with Crippen LogP contribution in [-0.2, 0) is 10.3 Å². The van der Waals surface area contributed by atoms with Crippen molar-refractivity contribution < 1.29 is 14.3 Å². The number of hydrogen-bond acceptors (Lipinski definition) is 4. The summed E-state index contributed by atoms with van der Waals surface area (Å²) in [5, 5.41) is 3.94. The first-order chi connectivity index (χ1) is 8.06. The molecule has 1 N–H and O–H groups in total. The lowest BCUT2D eigenvalue weighted by Crippen LogP contribution is -2.44. The molecule has 1 unspecified atom stereocenters. The first kappa shape index (κ1) is 11.4. The highest BCUT2D eigenvalue weighted by molar-refractivity contribution is 5.95. The van der Waals surface area contributed by atoms with Gasteiger partial charge in [0.15, 0.2) is 5.60 Å². The van der Waals surface area contributed by atoms with Gasteiger partial charge in [-0.2, -0.15) is 5.10 Å². The number of carbonyl (C=O) groups excluding carboxylic acids is 1. The van der Waals surface area contributed by atoms with Gasteiger partial charge in [-0.15, -0.1) is 0 Å². The summed E-state index contributed by atoms with van der Waals surface area (Å²) in [7, 11) is 1.61. The maximum Gasteiger partial charge on any atom is 0.429 e. The van der Waals surface area contributed by atoms with E-state index in [1.807, 2.05) is 38.1 Å². The molecule has 0 radical (unpaired) electrons. The number of ether oxygens (including phenoxy) is 2. The number of amides is 1. The molecule has 2 rings (SSSR count). The summed E-state index contributed by atoms with van der Waals surface area (Å²) in [6, 6.07) is 7.36. The van der Waals surface area contributed by atoms with E-state index in [2.05, 4.69) is 10.5 Å². The third kappa shape index (κ3) is 1.95. The Morgan fingerprint density at radius 3 is 2.59 bits per heavy atom. The van der Waals surface area contributed by atoms with Gasteiger partial charge >= 0.3 is 6.09 Å². The monoisotopic (exact) mass is 234 g/mol. The summed E-state index contributed by atoms with van der Waals surface area (Å²) in [6.45, 7) is 3.62. The summed E-state index contributed by atoms with van der Waals surface area (Å²) >= 11 is 0. The van der Waals surface area contributed by atoms with Gasteiger partial charge in [0, 0.05) is 5.56 Å². The quantitative estimate of drug-likeness (QED) is 0.851. The Morgan fingerprint density at radius 2 is 2.00 bits per heavy atom. The van der Waals surface area contributed by atoms with Gasteiger partial charge in [-0.25, -0.2) is 10.2 Å². The number of benzene rings is 1. The van der Waals surface area contributed by atoms with E-state index in [9.17, 15) is 4.79 Å². The van der Waals surface area contributed by atoms with Crippen molar-refractivity contribution in [1.29, 1.82) is 0 Å². The third-order valence-corrected chi connectivity index (χ3v) is 2.94. The van der Waals surface area contributed by atoms with Gasteiger partial charge < -0.3 is 9.47 Å². The molecule has 0 spiro atoms. The predicted molar refractivity (Wildman–Crippen MR) is 63.1 cm³/mol. The lowest BCUT2D eigenvalue weighted by molar-refractivity contribution is 0.0626. The van der Waals surface area contributed by atoms with Crippen LogP contribution in [0.25, 0.3) is 0 Å². The van der Waals surface area contributed by atoms with Gasteiger partial charge in [-0.3, -0.25) is 0 Å². The first-order valence-electron chi connectivity index (χ1n) is 5.24. The summed E-state index contributed by atoms with van der Waals surface area (Å²) in [4.78, 5) is 11.3. The molecule has 90 valence electrons. The van der Waals surface area contributed by atoms with E-state index in [0.717, 1.165) is 11.3 Å². The molecule has 0 saturated heterocycles. The fourth-order valence-electron chi connectivity index (χ4n) is 1.70. The van der Waals surface area contributed by atoms with E-state index in [1.165, 1.54) is 0 Å². The molecular formula is C12H14N2O3. The zero-order chi connectivity index (χ0) is 12.5. The molecule has 17 heavy (non-hydrogen) atoms. The van der Waals surface area contributed by atoms with E-state index in [4.69, 9.17) is 9.47 Å². The van der Waals surface area contributed by atoms with Crippen molar-refractivity contribution in [3.05, 3.63) is 29.8 Å². The highest BCUT2D eigenvalue weighted by Crippen LogP contribution is 2.30. The second-order valence-electron chi connectivity index (χ2n) is 3.96. The Kier molecular flexibility index (Phi) is 2.75. The van der Waals surface area contributed by atoms with Crippen molar-refractivity contribution >= 4 is 11.8 Å². The van der Waals surface area contributed by atoms with Gasteiger partial charge in [0.25, 0.3) is 0 Å². The number of rotatable bonds is 2. The SMILES string of the molecule is COc1ccc(C2(C)OC(=O)NN=C2C)cc1. The van der Waals surface area contributed by atoms with Crippen LogP contribution in [0.5, 0.6) is 5.75 Å². The molecule has 0 bridgehead atoms. The van der Waals surface area contributed by atoms with Crippen molar-refractivity contribution in [3.8, 4) is 5.75 Å². The van der Waals surface area contributed by atoms with Gasteiger partial charge in [-0.05, 0) is 26.0 Å². The largest absolute Gasteiger partial charge is 0.497 e. The lowest BCUT2D eigenvalue weighted by atomic mass is 9.91. The third-order valence-electron chi connectivity index (χ3n) is 2.94. The van der Waals surface area contributed by atoms with Gasteiger partial charge in [0.05, 0.1) is 12.8 Å². The van der Waals surface area contributed by atoms with Gasteiger partial charge in [0.2, 0.25) is 0 Å². The minimum atomic E-state index is -0.825. The zero-order valence-corrected chi connectivity index (χ0v) is 9.98. The van der Waals surface area contributed by atoms with Crippen molar-refractivity contribution in [2.75, 3.05) is 7.11 Å². The lowest BCUT2D eigenvalue weighted by Gasteiger charge is -2.32. The van der Waals surface area contributed by atoms with Crippen molar-refractivity contribution in [2.45, 2.75) is 19.4 Å². The number of carbonyl (C=O) groups is 1. The fourth-order valence-corrected chi connectivity index (χ4v) is 1.70. The molecule has 0 saturated carbocycles. The van der Waals surface area contributed by atoms with Crippen LogP contribution in [0.1, 0.15) is 19.4 Å². The number of nitrogens with one attached hydrogen (secondary N) is 1. The predicted octanol–water partition coefficient (Wildman–Crippen LogP) is 2.03. The van der Waals surface area contributed by atoms with E-state index >= 15 is 0 Å². The van der Waals surface area contributed by atoms with Crippen LogP contribution in [0.15, 0.2) is 29.4 Å². The second-order valence-corrected chi connectivity index (χ2v) is 3.96. The minimum absolute atomic E-state index is 0.547. The standard InChI is InChI=1S/C12H14N2O3/c1-8-12(2,17-11(15)14-13-8)9-4-6-10(16-3)7-5-9/h4-7H,1-3H3,(H,14,15). The van der Waals surface area contributed by atoms with Gasteiger partial charge in [0.1, 0.15) is 5.75 Å². The van der Waals surface area contributed by atoms with Crippen LogP contribution >= 0.6 is 0 Å². The number of hydrogen-bond donors (Lipinski definition) is 1. The molecule has 0 fully saturated rings. The van der Waals surface area contributed by atoms with E-state index in [1.54, 1.807) is 7.11 Å². The maximum absolute atomic E-state index is 11.3. The van der Waals surface area contributed by atoms with Crippen LogP contribution in [-0.4, -0.2) is 18.9 Å². The summed E-state index contributed by atoms with van der Waals surface area (Å²) in [5.41, 5.74) is 3.01. The molecule has 0 aliphatic carbocycles. The molecule has 1 amide bonds. The van der Waals surface area contributed by atoms with Crippen LogP contribution in [0, 0.1) is 0 Å². The van der Waals surface area contributed by atoms with Gasteiger partial charge in [-0.1, -0.05) is 12.1 Å². The summed E-state index contributed by atoms with van der Waals surface area (Å²) in [6.07, 6.45) is -0.547. The van der Waals surface area contributed by atoms with Crippen molar-refractivity contribution in [1.82, 2.24) is 5.43 Å². The van der Waals surface area contributed by atoms with Crippen LogP contribution in [0.2, 0.25) is 0 Å². The number of methoxy groups -OCH3 is 1. The maximum atomic E-state index is 11.3. The summed E-state index contributed by atoms with van der Waals surface area (Å²) in [5.74, 6) is 0.757. The Bertz CT molecular complexity index is 467. The highest BCUT2D eigenvalue weighted by Gasteiger charge is 2.37. The average molecular weight is 234 g/mol. The Morgan fingerprint density at radius 1 is 1.35 bits per heavy atom. The van der Waals surface area contributed by atoms with E-state index in [-0.39, 0.29) is 0 Å². The summed E-state index contributed by atoms with van der Waals surface area (Å²) < 4.78 is 10.4. The average Bonchev–Trinajstić information content (AvgIpc) is 2.34. The minimum Gasteiger partial charge on any atom is -0.497 e.